The van der Waals surface area contributed by atoms with Gasteiger partial charge in [0.1, 0.15) is 0 Å². The average molecular weight is 388 g/mol. The third-order valence-electron chi connectivity index (χ3n) is 2.48. The van der Waals surface area contributed by atoms with Crippen molar-refractivity contribution in [3.63, 3.8) is 0 Å². The topological polar surface area (TPSA) is 301 Å². The van der Waals surface area contributed by atoms with E-state index < -0.39 is 49.0 Å². The second-order valence-corrected chi connectivity index (χ2v) is 3.98. The minimum absolute atomic E-state index is 0.422. The van der Waals surface area contributed by atoms with Gasteiger partial charge < -0.3 is 4.63 Å². The molecule has 22 nitrogen and oxygen atoms in total. The van der Waals surface area contributed by atoms with Gasteiger partial charge in [0.05, 0.1) is 10.9 Å². The summed E-state index contributed by atoms with van der Waals surface area (Å²) in [5.41, 5.74) is 6.99. The number of nitro groups is 4. The number of anilines is 2. The fourth-order valence-electron chi connectivity index (χ4n) is 1.38. The van der Waals surface area contributed by atoms with Crippen LogP contribution in [0.2, 0.25) is 0 Å². The van der Waals surface area contributed by atoms with Crippen molar-refractivity contribution in [3.8, 4) is 0 Å². The molecule has 2 aromatic heterocycles. The van der Waals surface area contributed by atoms with Gasteiger partial charge in [0.25, 0.3) is 5.95 Å². The molecular formula is C5H2N13O9-. The molecule has 0 aliphatic rings. The highest BCUT2D eigenvalue weighted by Crippen LogP contribution is 2.24. The van der Waals surface area contributed by atoms with Crippen LogP contribution in [0.5, 0.6) is 0 Å². The monoisotopic (exact) mass is 388 g/mol. The minimum Gasteiger partial charge on any atom is -0.346 e. The third kappa shape index (κ3) is 3.32. The van der Waals surface area contributed by atoms with E-state index in [1.54, 1.807) is 0 Å². The summed E-state index contributed by atoms with van der Waals surface area (Å²) in [4.78, 5) is 37.4. The summed E-state index contributed by atoms with van der Waals surface area (Å²) < 4.78 is 4.18. The van der Waals surface area contributed by atoms with Gasteiger partial charge in [-0.15, -0.1) is 25.8 Å². The maximum atomic E-state index is 10.9. The van der Waals surface area contributed by atoms with Crippen molar-refractivity contribution in [1.29, 1.82) is 0 Å². The van der Waals surface area contributed by atoms with E-state index >= 15 is 0 Å². The zero-order valence-electron chi connectivity index (χ0n) is 12.1. The third-order valence-corrected chi connectivity index (χ3v) is 2.48. The first kappa shape index (κ1) is 18.4. The van der Waals surface area contributed by atoms with Crippen LogP contribution in [-0.2, 0) is 5.79 Å². The van der Waals surface area contributed by atoms with Crippen molar-refractivity contribution in [2.24, 2.45) is 0 Å². The maximum absolute atomic E-state index is 10.9. The predicted octanol–water partition coefficient (Wildman–Crippen LogP) is -1.77. The summed E-state index contributed by atoms with van der Waals surface area (Å²) in [5, 5.41) is 60.2. The fourth-order valence-corrected chi connectivity index (χ4v) is 1.38. The van der Waals surface area contributed by atoms with Crippen LogP contribution in [0.25, 0.3) is 5.43 Å². The lowest BCUT2D eigenvalue weighted by Crippen LogP contribution is -2.51. The molecule has 2 rings (SSSR count). The maximum Gasteiger partial charge on any atom is 0.766 e. The highest BCUT2D eigenvalue weighted by molar-refractivity contribution is 5.60. The minimum atomic E-state index is -4.11. The van der Waals surface area contributed by atoms with Gasteiger partial charge >= 0.3 is 11.6 Å². The smallest absolute Gasteiger partial charge is 0.346 e. The lowest BCUT2D eigenvalue weighted by molar-refractivity contribution is -0.987. The molecule has 2 heterocycles. The Kier molecular flexibility index (Phi) is 4.71. The molecule has 0 aromatic carbocycles. The second-order valence-electron chi connectivity index (χ2n) is 3.98. The van der Waals surface area contributed by atoms with Crippen LogP contribution in [0.4, 0.5) is 17.6 Å². The lowest BCUT2D eigenvalue weighted by atomic mass is 10.3. The molecule has 27 heavy (non-hydrogen) atoms. The van der Waals surface area contributed by atoms with Crippen LogP contribution < -0.4 is 10.9 Å². The Morgan fingerprint density at radius 3 is 1.89 bits per heavy atom. The van der Waals surface area contributed by atoms with Gasteiger partial charge in [-0.1, -0.05) is 5.16 Å². The van der Waals surface area contributed by atoms with Gasteiger partial charge in [-0.25, -0.2) is 5.16 Å². The highest BCUT2D eigenvalue weighted by Gasteiger charge is 2.76. The van der Waals surface area contributed by atoms with Gasteiger partial charge in [-0.05, 0) is 0 Å². The quantitative estimate of drug-likeness (QED) is 0.272. The number of nitrogens with one attached hydrogen (secondary N) is 2. The number of hydrogen-bond acceptors (Lipinski definition) is 17. The zero-order chi connectivity index (χ0) is 20.2. The van der Waals surface area contributed by atoms with Crippen molar-refractivity contribution in [2.45, 2.75) is 5.79 Å². The van der Waals surface area contributed by atoms with E-state index in [1.807, 2.05) is 0 Å². The molecule has 0 unspecified atom stereocenters. The SMILES string of the molecule is O=[N+]([O-])[N-]c1nonc1NNc1nnc(C([N+](=O)[O-])([N+](=O)[O-])[N+](=O)[O-])nn1. The molecule has 0 atom stereocenters. The molecule has 0 aliphatic heterocycles. The van der Waals surface area contributed by atoms with Crippen LogP contribution >= 0.6 is 0 Å². The molecule has 0 fully saturated rings. The number of aromatic nitrogens is 6. The normalized spacial score (nSPS) is 10.7. The van der Waals surface area contributed by atoms with Crippen LogP contribution in [0.1, 0.15) is 5.82 Å². The Morgan fingerprint density at radius 2 is 1.41 bits per heavy atom. The Bertz CT molecular complexity index is 856. The van der Waals surface area contributed by atoms with E-state index in [2.05, 4.69) is 51.6 Å². The first-order valence-corrected chi connectivity index (χ1v) is 5.91. The first-order chi connectivity index (χ1) is 12.7. The molecule has 0 aliphatic carbocycles. The number of hydrazine groups is 1. The molecule has 0 spiro atoms. The number of rotatable bonds is 9. The van der Waals surface area contributed by atoms with Crippen molar-refractivity contribution >= 4 is 17.6 Å². The summed E-state index contributed by atoms with van der Waals surface area (Å²) in [5.74, 6) is -7.27. The summed E-state index contributed by atoms with van der Waals surface area (Å²) in [6, 6.07) is 0. The van der Waals surface area contributed by atoms with Gasteiger partial charge in [-0.3, -0.25) is 51.3 Å². The Hall–Kier alpha value is -4.92. The standard InChI is InChI=1S/C5H2N13O9/c19-15(20)5(16(21)22,17(23)24)3-7-10-4(11-8-3)9-6-1-2(12-18(25)26)14-27-13-1/h(H2-,6,9,10,11,12,13,14)/q-1. The van der Waals surface area contributed by atoms with Crippen molar-refractivity contribution in [2.75, 3.05) is 10.9 Å². The van der Waals surface area contributed by atoms with Crippen LogP contribution in [0.15, 0.2) is 4.63 Å². The van der Waals surface area contributed by atoms with Crippen LogP contribution in [0.3, 0.4) is 0 Å². The first-order valence-electron chi connectivity index (χ1n) is 5.91. The van der Waals surface area contributed by atoms with E-state index in [9.17, 15) is 40.5 Å². The van der Waals surface area contributed by atoms with E-state index in [4.69, 9.17) is 0 Å². The molecule has 0 bridgehead atoms. The van der Waals surface area contributed by atoms with Crippen LogP contribution in [-0.4, -0.2) is 50.5 Å². The molecule has 22 heteroatoms. The summed E-state index contributed by atoms with van der Waals surface area (Å²) in [6.45, 7) is 0. The molecular weight excluding hydrogens is 386 g/mol. The molecule has 0 saturated carbocycles. The Labute approximate surface area is 142 Å². The van der Waals surface area contributed by atoms with Crippen molar-refractivity contribution in [1.82, 2.24) is 30.7 Å². The van der Waals surface area contributed by atoms with E-state index in [-0.39, 0.29) is 0 Å². The zero-order valence-corrected chi connectivity index (χ0v) is 12.1. The van der Waals surface area contributed by atoms with E-state index in [1.165, 1.54) is 0 Å². The molecule has 0 radical (unpaired) electrons. The fraction of sp³-hybridized carbons (Fsp3) is 0.200. The average Bonchev–Trinajstić information content (AvgIpc) is 3.00. The van der Waals surface area contributed by atoms with Crippen molar-refractivity contribution in [3.05, 3.63) is 51.7 Å². The lowest BCUT2D eigenvalue weighted by Gasteiger charge is -2.08. The molecule has 0 saturated heterocycles. The Balaban J connectivity index is 2.21. The second kappa shape index (κ2) is 6.91. The van der Waals surface area contributed by atoms with Gasteiger partial charge in [0.15, 0.2) is 20.6 Å². The van der Waals surface area contributed by atoms with Gasteiger partial charge in [0.2, 0.25) is 0 Å². The van der Waals surface area contributed by atoms with Crippen LogP contribution in [0, 0.1) is 40.5 Å². The Morgan fingerprint density at radius 1 is 0.852 bits per heavy atom. The molecule has 2 aromatic rings. The molecule has 142 valence electrons. The molecule has 2 N–H and O–H groups in total. The predicted molar refractivity (Wildman–Crippen MR) is 71.8 cm³/mol. The van der Waals surface area contributed by atoms with Gasteiger partial charge in [-0.2, -0.15) is 0 Å². The summed E-state index contributed by atoms with van der Waals surface area (Å²) in [7, 11) is 0. The number of hydrogen-bond donors (Lipinski definition) is 2. The van der Waals surface area contributed by atoms with Crippen molar-refractivity contribution < 1.29 is 24.4 Å². The number of nitrogens with zero attached hydrogens (tertiary/aromatic N) is 11. The largest absolute Gasteiger partial charge is 0.766 e. The van der Waals surface area contributed by atoms with E-state index in [0.29, 0.717) is 0 Å². The van der Waals surface area contributed by atoms with Gasteiger partial charge in [0, 0.05) is 0 Å². The summed E-state index contributed by atoms with van der Waals surface area (Å²) >= 11 is 0. The highest BCUT2D eigenvalue weighted by atomic mass is 16.7. The van der Waals surface area contributed by atoms with E-state index in [0.717, 1.165) is 0 Å². The summed E-state index contributed by atoms with van der Waals surface area (Å²) in [6.07, 6.45) is 0. The molecule has 0 amide bonds.